The van der Waals surface area contributed by atoms with E-state index in [1.54, 1.807) is 24.3 Å². The topological polar surface area (TPSA) is 87.2 Å². The van der Waals surface area contributed by atoms with Gasteiger partial charge < -0.3 is 9.84 Å². The molecule has 0 saturated carbocycles. The lowest BCUT2D eigenvalue weighted by atomic mass is 10.1. The summed E-state index contributed by atoms with van der Waals surface area (Å²) in [5.41, 5.74) is 1.29. The number of rotatable bonds is 8. The van der Waals surface area contributed by atoms with E-state index in [1.165, 1.54) is 4.31 Å². The van der Waals surface area contributed by atoms with Crippen LogP contribution in [0.2, 0.25) is 0 Å². The summed E-state index contributed by atoms with van der Waals surface area (Å²) >= 11 is 0. The van der Waals surface area contributed by atoms with Crippen LogP contribution in [-0.2, 0) is 21.3 Å². The molecule has 7 nitrogen and oxygen atoms in total. The number of aromatic carboxylic acids is 1. The molecule has 1 aromatic rings. The molecule has 0 radical (unpaired) electrons. The smallest absolute Gasteiger partial charge is 0.335 e. The number of hydrogen-bond acceptors (Lipinski definition) is 5. The zero-order valence-electron chi connectivity index (χ0n) is 14.7. The molecule has 0 atom stereocenters. The van der Waals surface area contributed by atoms with Crippen molar-refractivity contribution in [3.05, 3.63) is 35.4 Å². The zero-order valence-corrected chi connectivity index (χ0v) is 15.5. The van der Waals surface area contributed by atoms with Crippen molar-refractivity contribution in [2.45, 2.75) is 26.5 Å². The van der Waals surface area contributed by atoms with E-state index < -0.39 is 16.0 Å². The van der Waals surface area contributed by atoms with Gasteiger partial charge in [-0.15, -0.1) is 0 Å². The normalized spacial score (nSPS) is 17.1. The highest BCUT2D eigenvalue weighted by Gasteiger charge is 2.26. The Bertz CT molecular complexity index is 665. The van der Waals surface area contributed by atoms with Crippen molar-refractivity contribution < 1.29 is 23.1 Å². The molecule has 1 aliphatic heterocycles. The van der Waals surface area contributed by atoms with Crippen LogP contribution >= 0.6 is 0 Å². The van der Waals surface area contributed by atoms with E-state index in [-0.39, 0.29) is 24.0 Å². The minimum absolute atomic E-state index is 0.0157. The predicted octanol–water partition coefficient (Wildman–Crippen LogP) is 1.26. The van der Waals surface area contributed by atoms with Gasteiger partial charge in [0.1, 0.15) is 0 Å². The van der Waals surface area contributed by atoms with Crippen molar-refractivity contribution in [3.63, 3.8) is 0 Å². The summed E-state index contributed by atoms with van der Waals surface area (Å²) in [4.78, 5) is 13.0. The van der Waals surface area contributed by atoms with E-state index in [9.17, 15) is 13.2 Å². The minimum Gasteiger partial charge on any atom is -0.478 e. The van der Waals surface area contributed by atoms with Gasteiger partial charge in [0.15, 0.2) is 0 Å². The van der Waals surface area contributed by atoms with Crippen molar-refractivity contribution in [1.29, 1.82) is 0 Å². The molecule has 1 fully saturated rings. The molecular weight excluding hydrogens is 344 g/mol. The van der Waals surface area contributed by atoms with Gasteiger partial charge in [-0.05, 0) is 31.5 Å². The second-order valence-electron chi connectivity index (χ2n) is 6.41. The molecule has 1 N–H and O–H groups in total. The molecule has 0 aromatic heterocycles. The summed E-state index contributed by atoms with van der Waals surface area (Å²) in [7, 11) is -3.27. The average molecular weight is 370 g/mol. The van der Waals surface area contributed by atoms with Gasteiger partial charge in [0.2, 0.25) is 10.0 Å². The molecular formula is C17H26N2O5S. The van der Waals surface area contributed by atoms with Gasteiger partial charge in [-0.3, -0.25) is 4.90 Å². The maximum atomic E-state index is 12.3. The molecule has 8 heteroatoms. The van der Waals surface area contributed by atoms with Crippen molar-refractivity contribution in [2.75, 3.05) is 38.5 Å². The third-order valence-corrected chi connectivity index (χ3v) is 5.96. The Hall–Kier alpha value is -1.48. The van der Waals surface area contributed by atoms with Crippen LogP contribution in [0.25, 0.3) is 0 Å². The lowest BCUT2D eigenvalue weighted by molar-refractivity contribution is 0.0696. The van der Waals surface area contributed by atoms with Gasteiger partial charge in [0, 0.05) is 32.7 Å². The molecule has 0 aliphatic carbocycles. The summed E-state index contributed by atoms with van der Waals surface area (Å²) in [6, 6.07) is 6.78. The van der Waals surface area contributed by atoms with Crippen LogP contribution in [0.5, 0.6) is 0 Å². The Labute approximate surface area is 149 Å². The molecule has 0 amide bonds. The Balaban J connectivity index is 1.81. The van der Waals surface area contributed by atoms with Crippen LogP contribution in [0, 0.1) is 0 Å². The first-order valence-corrected chi connectivity index (χ1v) is 10.0. The maximum absolute atomic E-state index is 12.3. The van der Waals surface area contributed by atoms with Gasteiger partial charge in [-0.25, -0.2) is 13.2 Å². The predicted molar refractivity (Wildman–Crippen MR) is 95.1 cm³/mol. The van der Waals surface area contributed by atoms with E-state index in [2.05, 4.69) is 4.90 Å². The molecule has 0 spiro atoms. The number of carbonyl (C=O) groups is 1. The quantitative estimate of drug-likeness (QED) is 0.741. The molecule has 0 bridgehead atoms. The van der Waals surface area contributed by atoms with Gasteiger partial charge in [-0.1, -0.05) is 12.1 Å². The number of nitrogens with zero attached hydrogens (tertiary/aromatic N) is 2. The molecule has 1 aromatic carbocycles. The first-order chi connectivity index (χ1) is 11.8. The fourth-order valence-electron chi connectivity index (χ4n) is 2.69. The second-order valence-corrected chi connectivity index (χ2v) is 8.50. The Kier molecular flexibility index (Phi) is 6.95. The minimum atomic E-state index is -3.27. The summed E-state index contributed by atoms with van der Waals surface area (Å²) in [5.74, 6) is -0.922. The van der Waals surface area contributed by atoms with E-state index in [1.807, 2.05) is 13.8 Å². The fourth-order valence-corrected chi connectivity index (χ4v) is 3.98. The van der Waals surface area contributed by atoms with E-state index in [0.29, 0.717) is 32.7 Å². The van der Waals surface area contributed by atoms with Crippen LogP contribution in [0.3, 0.4) is 0 Å². The van der Waals surface area contributed by atoms with Gasteiger partial charge >= 0.3 is 5.97 Å². The van der Waals surface area contributed by atoms with Gasteiger partial charge in [0.05, 0.1) is 24.0 Å². The number of ether oxygens (including phenoxy) is 1. The lowest BCUT2D eigenvalue weighted by Crippen LogP contribution is -2.49. The molecule has 1 saturated heterocycles. The molecule has 2 rings (SSSR count). The van der Waals surface area contributed by atoms with Crippen LogP contribution in [0.4, 0.5) is 0 Å². The highest BCUT2D eigenvalue weighted by Crippen LogP contribution is 2.13. The molecule has 1 heterocycles. The average Bonchev–Trinajstić information content (AvgIpc) is 2.55. The third kappa shape index (κ3) is 6.07. The van der Waals surface area contributed by atoms with Gasteiger partial charge in [0.25, 0.3) is 0 Å². The number of carboxylic acid groups (broad SMARTS) is 1. The van der Waals surface area contributed by atoms with Crippen molar-refractivity contribution >= 4 is 16.0 Å². The summed E-state index contributed by atoms with van der Waals surface area (Å²) in [5, 5.41) is 8.91. The fraction of sp³-hybridized carbons (Fsp3) is 0.588. The number of benzene rings is 1. The van der Waals surface area contributed by atoms with E-state index in [0.717, 1.165) is 5.56 Å². The first-order valence-electron chi connectivity index (χ1n) is 8.42. The van der Waals surface area contributed by atoms with Crippen molar-refractivity contribution in [2.24, 2.45) is 0 Å². The second kappa shape index (κ2) is 8.75. The summed E-state index contributed by atoms with van der Waals surface area (Å²) < 4.78 is 31.5. The highest BCUT2D eigenvalue weighted by atomic mass is 32.2. The molecule has 140 valence electrons. The maximum Gasteiger partial charge on any atom is 0.335 e. The lowest BCUT2D eigenvalue weighted by Gasteiger charge is -2.34. The van der Waals surface area contributed by atoms with E-state index in [4.69, 9.17) is 9.84 Å². The number of carboxylic acids is 1. The summed E-state index contributed by atoms with van der Waals surface area (Å²) in [6.45, 7) is 6.92. The number of hydrogen-bond donors (Lipinski definition) is 1. The third-order valence-electron chi connectivity index (χ3n) is 4.12. The van der Waals surface area contributed by atoms with Crippen LogP contribution in [0.1, 0.15) is 29.8 Å². The molecule has 25 heavy (non-hydrogen) atoms. The Morgan fingerprint density at radius 1 is 1.16 bits per heavy atom. The largest absolute Gasteiger partial charge is 0.478 e. The summed E-state index contributed by atoms with van der Waals surface area (Å²) in [6.07, 6.45) is 0.0274. The van der Waals surface area contributed by atoms with Crippen molar-refractivity contribution in [3.8, 4) is 0 Å². The number of piperazine rings is 1. The zero-order chi connectivity index (χ0) is 18.4. The Morgan fingerprint density at radius 3 is 2.28 bits per heavy atom. The molecule has 0 unspecified atom stereocenters. The van der Waals surface area contributed by atoms with Crippen LogP contribution < -0.4 is 0 Å². The highest BCUT2D eigenvalue weighted by molar-refractivity contribution is 7.89. The standard InChI is InChI=1S/C17H26N2O5S/c1-14(2)24-11-12-25(22,23)19-9-7-18(8-10-19)13-15-3-5-16(6-4-15)17(20)21/h3-6,14H,7-13H2,1-2H3,(H,20,21). The van der Waals surface area contributed by atoms with Crippen molar-refractivity contribution in [1.82, 2.24) is 9.21 Å². The van der Waals surface area contributed by atoms with Crippen LogP contribution in [-0.4, -0.2) is 73.3 Å². The van der Waals surface area contributed by atoms with Crippen LogP contribution in [0.15, 0.2) is 24.3 Å². The van der Waals surface area contributed by atoms with Gasteiger partial charge in [-0.2, -0.15) is 4.31 Å². The van der Waals surface area contributed by atoms with E-state index >= 15 is 0 Å². The Morgan fingerprint density at radius 2 is 1.76 bits per heavy atom. The number of sulfonamides is 1. The first kappa shape index (κ1) is 19.8. The SMILES string of the molecule is CC(C)OCCS(=O)(=O)N1CCN(Cc2ccc(C(=O)O)cc2)CC1. The molecule has 1 aliphatic rings. The monoisotopic (exact) mass is 370 g/mol.